The fourth-order valence-electron chi connectivity index (χ4n) is 3.41. The van der Waals surface area contributed by atoms with Crippen molar-refractivity contribution in [2.24, 2.45) is 0 Å². The number of hydrogen-bond acceptors (Lipinski definition) is 8. The van der Waals surface area contributed by atoms with Crippen LogP contribution in [0.15, 0.2) is 64.3 Å². The van der Waals surface area contributed by atoms with Gasteiger partial charge in [-0.2, -0.15) is 0 Å². The largest absolute Gasteiger partial charge is 0.466 e. The molecular formula is C21H20N2O6S. The highest BCUT2D eigenvalue weighted by atomic mass is 32.1. The zero-order valence-corrected chi connectivity index (χ0v) is 17.4. The van der Waals surface area contributed by atoms with Crippen LogP contribution in [0.2, 0.25) is 0 Å². The summed E-state index contributed by atoms with van der Waals surface area (Å²) in [6.07, 6.45) is 0. The van der Waals surface area contributed by atoms with Crippen molar-refractivity contribution in [3.05, 3.63) is 84.9 Å². The minimum Gasteiger partial charge on any atom is -0.466 e. The van der Waals surface area contributed by atoms with Crippen LogP contribution in [-0.4, -0.2) is 24.0 Å². The predicted molar refractivity (Wildman–Crippen MR) is 111 cm³/mol. The molecule has 0 bridgehead atoms. The maximum atomic E-state index is 13.0. The van der Waals surface area contributed by atoms with Gasteiger partial charge in [-0.25, -0.2) is 9.59 Å². The number of allylic oxidation sites excluding steroid dienone is 2. The zero-order chi connectivity index (χ0) is 21.8. The van der Waals surface area contributed by atoms with Crippen LogP contribution in [0.5, 0.6) is 0 Å². The molecule has 3 rings (SSSR count). The Morgan fingerprint density at radius 3 is 2.43 bits per heavy atom. The van der Waals surface area contributed by atoms with E-state index in [1.165, 1.54) is 36.6 Å². The highest BCUT2D eigenvalue weighted by Gasteiger charge is 2.38. The van der Waals surface area contributed by atoms with Crippen molar-refractivity contribution in [2.45, 2.75) is 26.4 Å². The van der Waals surface area contributed by atoms with Crippen LogP contribution in [0.3, 0.4) is 0 Å². The Morgan fingerprint density at radius 1 is 1.13 bits per heavy atom. The van der Waals surface area contributed by atoms with Crippen LogP contribution < -0.4 is 5.32 Å². The number of carbonyl (C=O) groups excluding carboxylic acids is 2. The maximum Gasteiger partial charge on any atom is 0.337 e. The fraction of sp³-hybridized carbons (Fsp3) is 0.238. The quantitative estimate of drug-likeness (QED) is 0.423. The summed E-state index contributed by atoms with van der Waals surface area (Å²) < 4.78 is 10.4. The van der Waals surface area contributed by atoms with Crippen molar-refractivity contribution in [3.63, 3.8) is 0 Å². The fourth-order valence-corrected chi connectivity index (χ4v) is 4.02. The van der Waals surface area contributed by atoms with Crippen LogP contribution >= 0.6 is 11.3 Å². The molecule has 0 amide bonds. The predicted octanol–water partition coefficient (Wildman–Crippen LogP) is 3.81. The summed E-state index contributed by atoms with van der Waals surface area (Å²) in [7, 11) is 1.24. The summed E-state index contributed by atoms with van der Waals surface area (Å²) in [5.41, 5.74) is 1.70. The molecule has 1 aromatic carbocycles. The topological polar surface area (TPSA) is 108 Å². The molecule has 1 aliphatic heterocycles. The zero-order valence-electron chi connectivity index (χ0n) is 16.6. The molecule has 0 radical (unpaired) electrons. The van der Waals surface area contributed by atoms with Crippen LogP contribution in [0.4, 0.5) is 5.69 Å². The van der Waals surface area contributed by atoms with Gasteiger partial charge in [0, 0.05) is 28.4 Å². The van der Waals surface area contributed by atoms with E-state index < -0.39 is 22.8 Å². The average molecular weight is 428 g/mol. The first-order chi connectivity index (χ1) is 14.3. The van der Waals surface area contributed by atoms with Gasteiger partial charge in [0.1, 0.15) is 6.61 Å². The molecule has 2 heterocycles. The Hall–Kier alpha value is -3.46. The molecule has 9 heteroatoms. The van der Waals surface area contributed by atoms with E-state index in [0.717, 1.165) is 4.88 Å². The highest BCUT2D eigenvalue weighted by molar-refractivity contribution is 7.09. The van der Waals surface area contributed by atoms with Crippen molar-refractivity contribution >= 4 is 29.0 Å². The average Bonchev–Trinajstić information content (AvgIpc) is 3.24. The number of dihydropyridines is 1. The van der Waals surface area contributed by atoms with E-state index in [1.807, 2.05) is 17.5 Å². The molecule has 0 saturated carbocycles. The van der Waals surface area contributed by atoms with Gasteiger partial charge >= 0.3 is 11.9 Å². The van der Waals surface area contributed by atoms with Gasteiger partial charge in [0.2, 0.25) is 0 Å². The lowest BCUT2D eigenvalue weighted by Gasteiger charge is -2.30. The second kappa shape index (κ2) is 8.91. The number of nitro groups is 1. The molecule has 1 aromatic heterocycles. The van der Waals surface area contributed by atoms with Crippen molar-refractivity contribution in [1.29, 1.82) is 0 Å². The molecule has 0 saturated heterocycles. The standard InChI is InChI=1S/C21H20N2O6S/c1-12-17(20(24)28-3)19(14-6-4-7-15(10-14)23(26)27)18(13(2)22-12)21(25)29-11-16-8-5-9-30-16/h4-10,19,22H,11H2,1-3H3. The van der Waals surface area contributed by atoms with E-state index >= 15 is 0 Å². The van der Waals surface area contributed by atoms with Gasteiger partial charge in [0.05, 0.1) is 29.1 Å². The lowest BCUT2D eigenvalue weighted by molar-refractivity contribution is -0.384. The van der Waals surface area contributed by atoms with Gasteiger partial charge in [0.15, 0.2) is 0 Å². The molecular weight excluding hydrogens is 408 g/mol. The summed E-state index contributed by atoms with van der Waals surface area (Å²) in [4.78, 5) is 37.2. The summed E-state index contributed by atoms with van der Waals surface area (Å²) >= 11 is 1.46. The molecule has 1 unspecified atom stereocenters. The smallest absolute Gasteiger partial charge is 0.337 e. The van der Waals surface area contributed by atoms with Crippen LogP contribution in [0.25, 0.3) is 0 Å². The van der Waals surface area contributed by atoms with Crippen molar-refractivity contribution in [1.82, 2.24) is 5.32 Å². The first kappa shape index (κ1) is 21.3. The number of esters is 2. The second-order valence-electron chi connectivity index (χ2n) is 6.63. The number of methoxy groups -OCH3 is 1. The number of non-ortho nitro benzene ring substituents is 1. The second-order valence-corrected chi connectivity index (χ2v) is 7.67. The summed E-state index contributed by atoms with van der Waals surface area (Å²) in [6, 6.07) is 9.56. The molecule has 1 atom stereocenters. The SMILES string of the molecule is COC(=O)C1=C(C)NC(C)=C(C(=O)OCc2cccs2)C1c1cccc([N+](=O)[O-])c1. The molecule has 30 heavy (non-hydrogen) atoms. The first-order valence-electron chi connectivity index (χ1n) is 9.04. The molecule has 8 nitrogen and oxygen atoms in total. The van der Waals surface area contributed by atoms with Crippen LogP contribution in [0.1, 0.15) is 30.2 Å². The Balaban J connectivity index is 2.06. The number of benzene rings is 1. The maximum absolute atomic E-state index is 13.0. The third kappa shape index (κ3) is 4.25. The number of nitrogens with zero attached hydrogens (tertiary/aromatic N) is 1. The Bertz CT molecular complexity index is 1060. The molecule has 0 spiro atoms. The minimum atomic E-state index is -0.866. The minimum absolute atomic E-state index is 0.0885. The molecule has 0 aliphatic carbocycles. The van der Waals surface area contributed by atoms with Gasteiger partial charge in [-0.05, 0) is 30.9 Å². The molecule has 1 N–H and O–H groups in total. The third-order valence-electron chi connectivity index (χ3n) is 4.73. The normalized spacial score (nSPS) is 16.2. The highest BCUT2D eigenvalue weighted by Crippen LogP contribution is 2.40. The van der Waals surface area contributed by atoms with Crippen molar-refractivity contribution < 1.29 is 24.0 Å². The number of hydrogen-bond donors (Lipinski definition) is 1. The Labute approximate surface area is 177 Å². The van der Waals surface area contributed by atoms with Crippen molar-refractivity contribution in [2.75, 3.05) is 7.11 Å². The van der Waals surface area contributed by atoms with E-state index in [4.69, 9.17) is 9.47 Å². The lowest BCUT2D eigenvalue weighted by Crippen LogP contribution is -2.32. The summed E-state index contributed by atoms with van der Waals surface area (Å²) in [5, 5.41) is 16.2. The number of nitro benzene ring substituents is 1. The van der Waals surface area contributed by atoms with E-state index in [0.29, 0.717) is 17.0 Å². The molecule has 1 aliphatic rings. The van der Waals surface area contributed by atoms with Crippen LogP contribution in [0, 0.1) is 10.1 Å². The van der Waals surface area contributed by atoms with E-state index in [-0.39, 0.29) is 23.4 Å². The van der Waals surface area contributed by atoms with E-state index in [2.05, 4.69) is 5.32 Å². The number of rotatable bonds is 6. The van der Waals surface area contributed by atoms with Crippen molar-refractivity contribution in [3.8, 4) is 0 Å². The number of nitrogens with one attached hydrogen (secondary N) is 1. The molecule has 0 fully saturated rings. The van der Waals surface area contributed by atoms with E-state index in [9.17, 15) is 19.7 Å². The number of ether oxygens (including phenoxy) is 2. The van der Waals surface area contributed by atoms with Gasteiger partial charge < -0.3 is 14.8 Å². The summed E-state index contributed by atoms with van der Waals surface area (Å²) in [5.74, 6) is -2.11. The molecule has 156 valence electrons. The van der Waals surface area contributed by atoms with Gasteiger partial charge in [-0.3, -0.25) is 10.1 Å². The monoisotopic (exact) mass is 428 g/mol. The first-order valence-corrected chi connectivity index (χ1v) is 9.92. The van der Waals surface area contributed by atoms with Gasteiger partial charge in [-0.15, -0.1) is 11.3 Å². The molecule has 2 aromatic rings. The lowest BCUT2D eigenvalue weighted by atomic mass is 9.80. The van der Waals surface area contributed by atoms with E-state index in [1.54, 1.807) is 19.9 Å². The Morgan fingerprint density at radius 2 is 1.83 bits per heavy atom. The van der Waals surface area contributed by atoms with Gasteiger partial charge in [-0.1, -0.05) is 18.2 Å². The van der Waals surface area contributed by atoms with Gasteiger partial charge in [0.25, 0.3) is 5.69 Å². The number of thiophene rings is 1. The summed E-state index contributed by atoms with van der Waals surface area (Å²) in [6.45, 7) is 3.47. The number of carbonyl (C=O) groups is 2. The van der Waals surface area contributed by atoms with Crippen LogP contribution in [-0.2, 0) is 25.7 Å². The Kier molecular flexibility index (Phi) is 6.31. The third-order valence-corrected chi connectivity index (χ3v) is 5.58.